The highest BCUT2D eigenvalue weighted by atomic mass is 16.2. The van der Waals surface area contributed by atoms with Gasteiger partial charge in [0.05, 0.1) is 0 Å². The third kappa shape index (κ3) is 2.64. The van der Waals surface area contributed by atoms with Gasteiger partial charge in [-0.3, -0.25) is 9.59 Å². The predicted molar refractivity (Wildman–Crippen MR) is 64.8 cm³/mol. The summed E-state index contributed by atoms with van der Waals surface area (Å²) in [6.45, 7) is 0.694. The summed E-state index contributed by atoms with van der Waals surface area (Å²) in [5.41, 5.74) is 7.19. The molecule has 0 saturated heterocycles. The van der Waals surface area contributed by atoms with E-state index in [4.69, 9.17) is 5.73 Å². The molecular weight excluding hydrogens is 216 g/mol. The Balaban J connectivity index is 2.40. The summed E-state index contributed by atoms with van der Waals surface area (Å²) < 4.78 is 0. The fourth-order valence-corrected chi connectivity index (χ4v) is 2.07. The van der Waals surface area contributed by atoms with Crippen molar-refractivity contribution >= 4 is 11.8 Å². The Bertz CT molecular complexity index is 455. The number of nitrogens with two attached hydrogens (primary N) is 1. The predicted octanol–water partition coefficient (Wildman–Crippen LogP) is 1.24. The number of amides is 2. The molecule has 1 aromatic rings. The van der Waals surface area contributed by atoms with Gasteiger partial charge in [0.1, 0.15) is 0 Å². The Morgan fingerprint density at radius 2 is 2.06 bits per heavy atom. The Labute approximate surface area is 100 Å². The van der Waals surface area contributed by atoms with Crippen molar-refractivity contribution in [3.8, 4) is 0 Å². The quantitative estimate of drug-likeness (QED) is 0.764. The van der Waals surface area contributed by atoms with Gasteiger partial charge in [-0.25, -0.2) is 0 Å². The molecule has 0 fully saturated rings. The lowest BCUT2D eigenvalue weighted by Crippen LogP contribution is -2.25. The largest absolute Gasteiger partial charge is 0.366 e. The highest BCUT2D eigenvalue weighted by Crippen LogP contribution is 2.16. The molecule has 0 atom stereocenters. The van der Waals surface area contributed by atoms with Crippen molar-refractivity contribution in [2.24, 2.45) is 5.73 Å². The number of rotatable bonds is 1. The Hall–Kier alpha value is -1.84. The van der Waals surface area contributed by atoms with Gasteiger partial charge in [0, 0.05) is 17.7 Å². The molecule has 0 aliphatic carbocycles. The van der Waals surface area contributed by atoms with Crippen LogP contribution < -0.4 is 11.1 Å². The number of aryl methyl sites for hydroxylation is 1. The van der Waals surface area contributed by atoms with E-state index >= 15 is 0 Å². The summed E-state index contributed by atoms with van der Waals surface area (Å²) in [5.74, 6) is -0.606. The van der Waals surface area contributed by atoms with Crippen LogP contribution in [0.5, 0.6) is 0 Å². The SMILES string of the molecule is NC(=O)c1ccc2c(c1)C(=O)NCCCCC2. The van der Waals surface area contributed by atoms with Crippen molar-refractivity contribution in [2.75, 3.05) is 6.54 Å². The van der Waals surface area contributed by atoms with E-state index < -0.39 is 5.91 Å². The fourth-order valence-electron chi connectivity index (χ4n) is 2.07. The minimum atomic E-state index is -0.500. The third-order valence-electron chi connectivity index (χ3n) is 3.05. The Morgan fingerprint density at radius 3 is 2.82 bits per heavy atom. The van der Waals surface area contributed by atoms with Crippen molar-refractivity contribution in [1.29, 1.82) is 0 Å². The van der Waals surface area contributed by atoms with Crippen LogP contribution in [0.25, 0.3) is 0 Å². The van der Waals surface area contributed by atoms with Crippen LogP contribution in [0.1, 0.15) is 45.5 Å². The number of fused-ring (bicyclic) bond motifs is 1. The van der Waals surface area contributed by atoms with Gasteiger partial charge < -0.3 is 11.1 Å². The van der Waals surface area contributed by atoms with Crippen LogP contribution in [-0.2, 0) is 6.42 Å². The summed E-state index contributed by atoms with van der Waals surface area (Å²) in [4.78, 5) is 23.0. The zero-order chi connectivity index (χ0) is 12.3. The minimum absolute atomic E-state index is 0.106. The molecule has 0 radical (unpaired) electrons. The van der Waals surface area contributed by atoms with Gasteiger partial charge in [-0.15, -0.1) is 0 Å². The highest BCUT2D eigenvalue weighted by Gasteiger charge is 2.14. The topological polar surface area (TPSA) is 72.2 Å². The maximum absolute atomic E-state index is 11.9. The van der Waals surface area contributed by atoms with Crippen molar-refractivity contribution in [2.45, 2.75) is 25.7 Å². The van der Waals surface area contributed by atoms with Crippen LogP contribution in [0.15, 0.2) is 18.2 Å². The molecule has 1 aromatic carbocycles. The molecule has 0 spiro atoms. The lowest BCUT2D eigenvalue weighted by atomic mass is 9.99. The first-order valence-corrected chi connectivity index (χ1v) is 5.89. The van der Waals surface area contributed by atoms with Gasteiger partial charge in [0.25, 0.3) is 5.91 Å². The second-order valence-corrected chi connectivity index (χ2v) is 4.30. The average Bonchev–Trinajstić information content (AvgIpc) is 2.40. The maximum Gasteiger partial charge on any atom is 0.251 e. The highest BCUT2D eigenvalue weighted by molar-refractivity contribution is 6.00. The first-order valence-electron chi connectivity index (χ1n) is 5.89. The maximum atomic E-state index is 11.9. The Morgan fingerprint density at radius 1 is 1.24 bits per heavy atom. The zero-order valence-corrected chi connectivity index (χ0v) is 9.66. The number of nitrogens with one attached hydrogen (secondary N) is 1. The molecule has 4 heteroatoms. The average molecular weight is 232 g/mol. The molecule has 0 bridgehead atoms. The van der Waals surface area contributed by atoms with Crippen LogP contribution in [-0.4, -0.2) is 18.4 Å². The van der Waals surface area contributed by atoms with E-state index in [1.807, 2.05) is 6.07 Å². The van der Waals surface area contributed by atoms with Crippen LogP contribution in [0.2, 0.25) is 0 Å². The number of primary amides is 1. The molecule has 0 saturated carbocycles. The molecule has 17 heavy (non-hydrogen) atoms. The molecular formula is C13H16N2O2. The van der Waals surface area contributed by atoms with Gasteiger partial charge in [0.15, 0.2) is 0 Å². The van der Waals surface area contributed by atoms with E-state index in [1.165, 1.54) is 0 Å². The normalized spacial score (nSPS) is 16.1. The smallest absolute Gasteiger partial charge is 0.251 e. The van der Waals surface area contributed by atoms with Gasteiger partial charge >= 0.3 is 0 Å². The summed E-state index contributed by atoms with van der Waals surface area (Å²) in [6.07, 6.45) is 4.05. The zero-order valence-electron chi connectivity index (χ0n) is 9.66. The van der Waals surface area contributed by atoms with Crippen molar-refractivity contribution in [1.82, 2.24) is 5.32 Å². The second-order valence-electron chi connectivity index (χ2n) is 4.30. The van der Waals surface area contributed by atoms with Crippen molar-refractivity contribution in [3.05, 3.63) is 34.9 Å². The summed E-state index contributed by atoms with van der Waals surface area (Å²) in [6, 6.07) is 5.12. The monoisotopic (exact) mass is 232 g/mol. The minimum Gasteiger partial charge on any atom is -0.366 e. The second kappa shape index (κ2) is 4.99. The van der Waals surface area contributed by atoms with Gasteiger partial charge in [-0.1, -0.05) is 12.5 Å². The first-order chi connectivity index (χ1) is 8.18. The van der Waals surface area contributed by atoms with Crippen LogP contribution in [0, 0.1) is 0 Å². The van der Waals surface area contributed by atoms with E-state index in [1.54, 1.807) is 12.1 Å². The van der Waals surface area contributed by atoms with Gasteiger partial charge in [0.2, 0.25) is 5.91 Å². The molecule has 90 valence electrons. The number of hydrogen-bond donors (Lipinski definition) is 2. The molecule has 0 unspecified atom stereocenters. The summed E-state index contributed by atoms with van der Waals surface area (Å²) in [7, 11) is 0. The van der Waals surface area contributed by atoms with Crippen molar-refractivity contribution in [3.63, 3.8) is 0 Å². The van der Waals surface area contributed by atoms with Crippen LogP contribution in [0.4, 0.5) is 0 Å². The van der Waals surface area contributed by atoms with E-state index in [-0.39, 0.29) is 5.91 Å². The Kier molecular flexibility index (Phi) is 3.42. The van der Waals surface area contributed by atoms with E-state index in [0.29, 0.717) is 17.7 Å². The standard InChI is InChI=1S/C13H16N2O2/c14-12(16)10-6-5-9-4-2-1-3-7-15-13(17)11(9)8-10/h5-6,8H,1-4,7H2,(H2,14,16)(H,15,17). The molecule has 2 rings (SSSR count). The number of benzene rings is 1. The number of hydrogen-bond acceptors (Lipinski definition) is 2. The van der Waals surface area contributed by atoms with Crippen LogP contribution >= 0.6 is 0 Å². The number of carbonyl (C=O) groups excluding carboxylic acids is 2. The van der Waals surface area contributed by atoms with Gasteiger partial charge in [-0.2, -0.15) is 0 Å². The van der Waals surface area contributed by atoms with E-state index in [2.05, 4.69) is 5.32 Å². The van der Waals surface area contributed by atoms with Crippen LogP contribution in [0.3, 0.4) is 0 Å². The van der Waals surface area contributed by atoms with Crippen molar-refractivity contribution < 1.29 is 9.59 Å². The summed E-state index contributed by atoms with van der Waals surface area (Å²) >= 11 is 0. The molecule has 3 N–H and O–H groups in total. The molecule has 1 aliphatic heterocycles. The van der Waals surface area contributed by atoms with E-state index in [0.717, 1.165) is 31.2 Å². The lowest BCUT2D eigenvalue weighted by Gasteiger charge is -2.08. The number of carbonyl (C=O) groups is 2. The first kappa shape index (κ1) is 11.6. The molecule has 1 aliphatic rings. The molecule has 2 amide bonds. The fraction of sp³-hybridized carbons (Fsp3) is 0.385. The van der Waals surface area contributed by atoms with Gasteiger partial charge in [-0.05, 0) is 37.0 Å². The molecule has 1 heterocycles. The lowest BCUT2D eigenvalue weighted by molar-refractivity contribution is 0.0953. The molecule has 0 aromatic heterocycles. The molecule has 4 nitrogen and oxygen atoms in total. The third-order valence-corrected chi connectivity index (χ3v) is 3.05. The van der Waals surface area contributed by atoms with E-state index in [9.17, 15) is 9.59 Å². The summed E-state index contributed by atoms with van der Waals surface area (Å²) in [5, 5.41) is 2.86.